The molecule has 5 heteroatoms. The molecular formula is C13H20N2O3. The van der Waals surface area contributed by atoms with E-state index in [-0.39, 0.29) is 12.4 Å². The molecule has 0 saturated heterocycles. The Morgan fingerprint density at radius 3 is 2.72 bits per heavy atom. The largest absolute Gasteiger partial charge is 0.469 e. The van der Waals surface area contributed by atoms with E-state index < -0.39 is 0 Å². The molecule has 1 saturated carbocycles. The van der Waals surface area contributed by atoms with Crippen molar-refractivity contribution >= 4 is 5.97 Å². The molecule has 2 rings (SSSR count). The summed E-state index contributed by atoms with van der Waals surface area (Å²) in [5, 5.41) is 3.98. The number of hydrogen-bond acceptors (Lipinski definition) is 5. The van der Waals surface area contributed by atoms with Crippen LogP contribution < -0.4 is 0 Å². The number of esters is 1. The van der Waals surface area contributed by atoms with Gasteiger partial charge in [-0.05, 0) is 31.1 Å². The van der Waals surface area contributed by atoms with Crippen molar-refractivity contribution in [3.8, 4) is 0 Å². The topological polar surface area (TPSA) is 65.2 Å². The van der Waals surface area contributed by atoms with Crippen LogP contribution in [0.25, 0.3) is 0 Å². The van der Waals surface area contributed by atoms with Gasteiger partial charge in [0.2, 0.25) is 5.89 Å². The fourth-order valence-electron chi connectivity index (χ4n) is 2.36. The third-order valence-electron chi connectivity index (χ3n) is 3.71. The third-order valence-corrected chi connectivity index (χ3v) is 3.71. The Morgan fingerprint density at radius 2 is 2.11 bits per heavy atom. The van der Waals surface area contributed by atoms with Crippen LogP contribution in [0.3, 0.4) is 0 Å². The average molecular weight is 252 g/mol. The van der Waals surface area contributed by atoms with Gasteiger partial charge in [0.05, 0.1) is 7.11 Å². The molecule has 18 heavy (non-hydrogen) atoms. The van der Waals surface area contributed by atoms with Crippen molar-refractivity contribution in [3.05, 3.63) is 11.7 Å². The molecule has 0 aromatic carbocycles. The molecule has 0 radical (unpaired) electrons. The van der Waals surface area contributed by atoms with Crippen molar-refractivity contribution in [2.45, 2.75) is 51.9 Å². The molecule has 0 unspecified atom stereocenters. The lowest BCUT2D eigenvalue weighted by atomic mass is 9.73. The summed E-state index contributed by atoms with van der Waals surface area (Å²) in [7, 11) is 1.35. The maximum absolute atomic E-state index is 11.1. The Balaban J connectivity index is 1.96. The number of rotatable bonds is 3. The van der Waals surface area contributed by atoms with Crippen LogP contribution in [0.5, 0.6) is 0 Å². The molecule has 0 atom stereocenters. The van der Waals surface area contributed by atoms with Crippen molar-refractivity contribution in [1.82, 2.24) is 10.1 Å². The number of methoxy groups -OCH3 is 1. The van der Waals surface area contributed by atoms with Gasteiger partial charge in [0.25, 0.3) is 0 Å². The van der Waals surface area contributed by atoms with Gasteiger partial charge in [-0.25, -0.2) is 0 Å². The molecule has 1 aliphatic rings. The van der Waals surface area contributed by atoms with Crippen LogP contribution in [0.4, 0.5) is 0 Å². The molecule has 1 aromatic rings. The van der Waals surface area contributed by atoms with E-state index in [1.54, 1.807) is 0 Å². The molecule has 0 bridgehead atoms. The first-order chi connectivity index (χ1) is 8.50. The van der Waals surface area contributed by atoms with Gasteiger partial charge in [-0.2, -0.15) is 4.98 Å². The minimum atomic E-state index is -0.352. The molecule has 1 aliphatic carbocycles. The molecule has 5 nitrogen and oxygen atoms in total. The fourth-order valence-corrected chi connectivity index (χ4v) is 2.36. The molecule has 0 amide bonds. The van der Waals surface area contributed by atoms with Gasteiger partial charge in [0.15, 0.2) is 5.82 Å². The van der Waals surface area contributed by atoms with Crippen LogP contribution in [-0.2, 0) is 16.0 Å². The molecule has 0 spiro atoms. The van der Waals surface area contributed by atoms with Crippen molar-refractivity contribution < 1.29 is 14.1 Å². The molecule has 1 aromatic heterocycles. The van der Waals surface area contributed by atoms with Crippen molar-refractivity contribution in [1.29, 1.82) is 0 Å². The quantitative estimate of drug-likeness (QED) is 0.773. The van der Waals surface area contributed by atoms with Crippen LogP contribution in [0, 0.1) is 5.41 Å². The van der Waals surface area contributed by atoms with Gasteiger partial charge < -0.3 is 9.26 Å². The molecule has 1 heterocycles. The predicted molar refractivity (Wildman–Crippen MR) is 65.0 cm³/mol. The number of nitrogens with zero attached hydrogens (tertiary/aromatic N) is 2. The highest BCUT2D eigenvalue weighted by Crippen LogP contribution is 2.41. The second-order valence-electron chi connectivity index (χ2n) is 5.74. The fraction of sp³-hybridized carbons (Fsp3) is 0.769. The summed E-state index contributed by atoms with van der Waals surface area (Å²) in [6.07, 6.45) is 4.59. The predicted octanol–water partition coefficient (Wildman–Crippen LogP) is 2.47. The van der Waals surface area contributed by atoms with Gasteiger partial charge in [0.1, 0.15) is 6.42 Å². The lowest BCUT2D eigenvalue weighted by Gasteiger charge is -2.32. The first kappa shape index (κ1) is 13.1. The van der Waals surface area contributed by atoms with E-state index in [0.717, 1.165) is 18.7 Å². The highest BCUT2D eigenvalue weighted by Gasteiger charge is 2.30. The van der Waals surface area contributed by atoms with E-state index in [4.69, 9.17) is 4.52 Å². The summed E-state index contributed by atoms with van der Waals surface area (Å²) < 4.78 is 9.65. The summed E-state index contributed by atoms with van der Waals surface area (Å²) >= 11 is 0. The Morgan fingerprint density at radius 1 is 1.44 bits per heavy atom. The van der Waals surface area contributed by atoms with E-state index >= 15 is 0 Å². The van der Waals surface area contributed by atoms with Crippen LogP contribution >= 0.6 is 0 Å². The Bertz CT molecular complexity index is 416. The maximum Gasteiger partial charge on any atom is 0.315 e. The van der Waals surface area contributed by atoms with Crippen molar-refractivity contribution in [3.63, 3.8) is 0 Å². The van der Waals surface area contributed by atoms with E-state index in [9.17, 15) is 4.79 Å². The number of aromatic nitrogens is 2. The number of carbonyl (C=O) groups excluding carboxylic acids is 1. The van der Waals surface area contributed by atoms with Crippen molar-refractivity contribution in [2.75, 3.05) is 7.11 Å². The van der Waals surface area contributed by atoms with Gasteiger partial charge in [-0.1, -0.05) is 19.0 Å². The lowest BCUT2D eigenvalue weighted by Crippen LogP contribution is -2.20. The standard InChI is InChI=1S/C13H20N2O3/c1-13(2)6-4-9(5-7-13)12-14-10(18-15-12)8-11(16)17-3/h9H,4-8H2,1-3H3. The zero-order valence-corrected chi connectivity index (χ0v) is 11.2. The monoisotopic (exact) mass is 252 g/mol. The van der Waals surface area contributed by atoms with E-state index in [1.165, 1.54) is 20.0 Å². The van der Waals surface area contributed by atoms with Gasteiger partial charge >= 0.3 is 5.97 Å². The second-order valence-corrected chi connectivity index (χ2v) is 5.74. The van der Waals surface area contributed by atoms with Crippen LogP contribution in [0.2, 0.25) is 0 Å². The van der Waals surface area contributed by atoms with Gasteiger partial charge in [-0.15, -0.1) is 0 Å². The number of carbonyl (C=O) groups is 1. The summed E-state index contributed by atoms with van der Waals surface area (Å²) in [6.45, 7) is 4.59. The second kappa shape index (κ2) is 5.08. The first-order valence-electron chi connectivity index (χ1n) is 6.39. The molecule has 0 N–H and O–H groups in total. The SMILES string of the molecule is COC(=O)Cc1nc(C2CCC(C)(C)CC2)no1. The summed E-state index contributed by atoms with van der Waals surface area (Å²) in [6, 6.07) is 0. The van der Waals surface area contributed by atoms with Gasteiger partial charge in [0, 0.05) is 5.92 Å². The first-order valence-corrected chi connectivity index (χ1v) is 6.39. The van der Waals surface area contributed by atoms with Crippen LogP contribution in [-0.4, -0.2) is 23.2 Å². The van der Waals surface area contributed by atoms with E-state index in [0.29, 0.717) is 17.2 Å². The van der Waals surface area contributed by atoms with Gasteiger partial charge in [-0.3, -0.25) is 4.79 Å². The summed E-state index contributed by atoms with van der Waals surface area (Å²) in [5.74, 6) is 1.11. The normalized spacial score (nSPS) is 19.7. The molecular weight excluding hydrogens is 232 g/mol. The van der Waals surface area contributed by atoms with Crippen LogP contribution in [0.1, 0.15) is 57.2 Å². The Kier molecular flexibility index (Phi) is 3.68. The number of ether oxygens (including phenoxy) is 1. The zero-order valence-electron chi connectivity index (χ0n) is 11.2. The highest BCUT2D eigenvalue weighted by atomic mass is 16.5. The van der Waals surface area contributed by atoms with E-state index in [1.807, 2.05) is 0 Å². The average Bonchev–Trinajstić information content (AvgIpc) is 2.77. The third kappa shape index (κ3) is 3.09. The summed E-state index contributed by atoms with van der Waals surface area (Å²) in [4.78, 5) is 15.4. The lowest BCUT2D eigenvalue weighted by molar-refractivity contribution is -0.140. The molecule has 0 aliphatic heterocycles. The smallest absolute Gasteiger partial charge is 0.315 e. The zero-order chi connectivity index (χ0) is 13.2. The maximum atomic E-state index is 11.1. The van der Waals surface area contributed by atoms with Crippen LogP contribution in [0.15, 0.2) is 4.52 Å². The summed E-state index contributed by atoms with van der Waals surface area (Å²) in [5.41, 5.74) is 0.426. The number of hydrogen-bond donors (Lipinski definition) is 0. The Hall–Kier alpha value is -1.39. The van der Waals surface area contributed by atoms with Crippen molar-refractivity contribution in [2.24, 2.45) is 5.41 Å². The highest BCUT2D eigenvalue weighted by molar-refractivity contribution is 5.71. The minimum Gasteiger partial charge on any atom is -0.469 e. The molecule has 1 fully saturated rings. The van der Waals surface area contributed by atoms with E-state index in [2.05, 4.69) is 28.7 Å². The Labute approximate surface area is 107 Å². The minimum absolute atomic E-state index is 0.0573. The molecule has 100 valence electrons.